The maximum absolute atomic E-state index is 12.8. The van der Waals surface area contributed by atoms with Crippen LogP contribution in [0.5, 0.6) is 0 Å². The lowest BCUT2D eigenvalue weighted by Crippen LogP contribution is -2.07. The van der Waals surface area contributed by atoms with Crippen LogP contribution in [0.15, 0.2) is 60.7 Å². The summed E-state index contributed by atoms with van der Waals surface area (Å²) < 4.78 is 40.5. The molecule has 2 aromatic carbocycles. The third-order valence-corrected chi connectivity index (χ3v) is 4.40. The average molecular weight is 340 g/mol. The predicted octanol–water partition coefficient (Wildman–Crippen LogP) is 5.57. The van der Waals surface area contributed by atoms with Gasteiger partial charge in [-0.1, -0.05) is 30.3 Å². The van der Waals surface area contributed by atoms with E-state index >= 15 is 0 Å². The third-order valence-electron chi connectivity index (χ3n) is 4.40. The second-order valence-electron chi connectivity index (χ2n) is 6.15. The highest BCUT2D eigenvalue weighted by atomic mass is 19.4. The van der Waals surface area contributed by atoms with E-state index in [-0.39, 0.29) is 0 Å². The lowest BCUT2D eigenvalue weighted by atomic mass is 10.1. The van der Waals surface area contributed by atoms with Gasteiger partial charge in [0.25, 0.3) is 0 Å². The molecule has 0 aliphatic carbocycles. The van der Waals surface area contributed by atoms with E-state index in [1.165, 1.54) is 11.5 Å². The van der Waals surface area contributed by atoms with E-state index in [9.17, 15) is 13.2 Å². The number of fused-ring (bicyclic) bond motifs is 2. The molecular formula is C20H15F3N2. The Morgan fingerprint density at radius 3 is 2.52 bits per heavy atom. The van der Waals surface area contributed by atoms with E-state index in [1.54, 1.807) is 6.07 Å². The van der Waals surface area contributed by atoms with E-state index in [4.69, 9.17) is 0 Å². The zero-order valence-corrected chi connectivity index (χ0v) is 13.5. The Morgan fingerprint density at radius 2 is 1.72 bits per heavy atom. The number of pyridine rings is 1. The number of alkyl halides is 3. The number of benzene rings is 2. The Bertz CT molecular complexity index is 1080. The van der Waals surface area contributed by atoms with Gasteiger partial charge in [0.05, 0.1) is 5.52 Å². The van der Waals surface area contributed by atoms with Crippen LogP contribution in [-0.4, -0.2) is 9.55 Å². The summed E-state index contributed by atoms with van der Waals surface area (Å²) in [5.74, 6) is 0. The van der Waals surface area contributed by atoms with Crippen molar-refractivity contribution in [1.29, 1.82) is 0 Å². The van der Waals surface area contributed by atoms with Crippen molar-refractivity contribution in [3.8, 4) is 0 Å². The van der Waals surface area contributed by atoms with Crippen LogP contribution in [0.25, 0.3) is 21.8 Å². The van der Waals surface area contributed by atoms with Gasteiger partial charge in [-0.05, 0) is 48.2 Å². The van der Waals surface area contributed by atoms with Gasteiger partial charge in [-0.2, -0.15) is 13.2 Å². The summed E-state index contributed by atoms with van der Waals surface area (Å²) in [6.45, 7) is 2.72. The number of halogens is 3. The summed E-state index contributed by atoms with van der Waals surface area (Å²) in [7, 11) is 0. The molecule has 0 radical (unpaired) electrons. The Balaban J connectivity index is 1.73. The van der Waals surface area contributed by atoms with Gasteiger partial charge < -0.3 is 4.57 Å². The van der Waals surface area contributed by atoms with Gasteiger partial charge in [0.1, 0.15) is 5.69 Å². The Hall–Kier alpha value is -2.82. The van der Waals surface area contributed by atoms with Crippen molar-refractivity contribution in [2.45, 2.75) is 19.6 Å². The van der Waals surface area contributed by atoms with Crippen molar-refractivity contribution in [2.24, 2.45) is 0 Å². The van der Waals surface area contributed by atoms with Gasteiger partial charge in [-0.25, -0.2) is 4.98 Å². The quantitative estimate of drug-likeness (QED) is 0.467. The summed E-state index contributed by atoms with van der Waals surface area (Å²) in [6.07, 6.45) is -4.42. The molecule has 0 bridgehead atoms. The van der Waals surface area contributed by atoms with Gasteiger partial charge in [0, 0.05) is 23.1 Å². The lowest BCUT2D eigenvalue weighted by molar-refractivity contribution is -0.140. The predicted molar refractivity (Wildman–Crippen MR) is 92.5 cm³/mol. The maximum Gasteiger partial charge on any atom is 0.433 e. The van der Waals surface area contributed by atoms with Crippen LogP contribution in [0.3, 0.4) is 0 Å². The Labute approximate surface area is 142 Å². The first-order valence-corrected chi connectivity index (χ1v) is 7.93. The topological polar surface area (TPSA) is 17.8 Å². The molecule has 2 nitrogen and oxygen atoms in total. The van der Waals surface area contributed by atoms with Crippen LogP contribution < -0.4 is 0 Å². The molecule has 126 valence electrons. The minimum Gasteiger partial charge on any atom is -0.340 e. The molecule has 0 fully saturated rings. The monoisotopic (exact) mass is 340 g/mol. The number of aryl methyl sites for hydroxylation is 1. The smallest absolute Gasteiger partial charge is 0.340 e. The fourth-order valence-corrected chi connectivity index (χ4v) is 3.17. The molecule has 2 aromatic heterocycles. The largest absolute Gasteiger partial charge is 0.433 e. The molecule has 0 N–H and O–H groups in total. The number of rotatable bonds is 2. The van der Waals surface area contributed by atoms with Gasteiger partial charge >= 0.3 is 6.18 Å². The molecule has 0 spiro atoms. The number of nitrogens with zero attached hydrogens (tertiary/aromatic N) is 2. The SMILES string of the molecule is Cc1cc2ccccc2n1Cc1ccc2nc(C(F)(F)F)ccc2c1. The van der Waals surface area contributed by atoms with Gasteiger partial charge in [-0.3, -0.25) is 0 Å². The average Bonchev–Trinajstić information content (AvgIpc) is 2.89. The minimum absolute atomic E-state index is 0.354. The highest BCUT2D eigenvalue weighted by Crippen LogP contribution is 2.29. The van der Waals surface area contributed by atoms with Crippen LogP contribution in [0.2, 0.25) is 0 Å². The maximum atomic E-state index is 12.8. The fourth-order valence-electron chi connectivity index (χ4n) is 3.17. The molecule has 2 heterocycles. The molecular weight excluding hydrogens is 325 g/mol. The number of para-hydroxylation sites is 1. The van der Waals surface area contributed by atoms with Gasteiger partial charge in [0.2, 0.25) is 0 Å². The van der Waals surface area contributed by atoms with Crippen molar-refractivity contribution in [3.05, 3.63) is 77.6 Å². The molecule has 4 rings (SSSR count). The van der Waals surface area contributed by atoms with E-state index in [0.717, 1.165) is 22.8 Å². The normalized spacial score (nSPS) is 12.2. The first-order chi connectivity index (χ1) is 11.9. The van der Waals surface area contributed by atoms with E-state index < -0.39 is 11.9 Å². The highest BCUT2D eigenvalue weighted by molar-refractivity contribution is 5.82. The fraction of sp³-hybridized carbons (Fsp3) is 0.150. The van der Waals surface area contributed by atoms with E-state index in [2.05, 4.69) is 34.7 Å². The second-order valence-corrected chi connectivity index (χ2v) is 6.15. The van der Waals surface area contributed by atoms with Crippen molar-refractivity contribution in [3.63, 3.8) is 0 Å². The van der Waals surface area contributed by atoms with Crippen molar-refractivity contribution in [1.82, 2.24) is 9.55 Å². The summed E-state index contributed by atoms with van der Waals surface area (Å²) in [6, 6.07) is 18.2. The summed E-state index contributed by atoms with van der Waals surface area (Å²) in [4.78, 5) is 3.72. The zero-order valence-electron chi connectivity index (χ0n) is 13.5. The van der Waals surface area contributed by atoms with Crippen molar-refractivity contribution in [2.75, 3.05) is 0 Å². The minimum atomic E-state index is -4.42. The molecule has 0 atom stereocenters. The molecule has 0 saturated heterocycles. The number of aromatic nitrogens is 2. The Morgan fingerprint density at radius 1 is 0.920 bits per heavy atom. The standard InChI is InChI=1S/C20H15F3N2/c1-13-10-16-4-2-3-5-18(16)25(13)12-14-6-8-17-15(11-14)7-9-19(24-17)20(21,22)23/h2-11H,12H2,1H3. The van der Waals surface area contributed by atoms with Crippen molar-refractivity contribution >= 4 is 21.8 Å². The zero-order chi connectivity index (χ0) is 17.6. The number of hydrogen-bond donors (Lipinski definition) is 0. The molecule has 0 amide bonds. The third kappa shape index (κ3) is 2.86. The second kappa shape index (κ2) is 5.62. The molecule has 4 aromatic rings. The first kappa shape index (κ1) is 15.7. The first-order valence-electron chi connectivity index (χ1n) is 7.93. The van der Waals surface area contributed by atoms with Crippen LogP contribution in [0.1, 0.15) is 17.0 Å². The number of hydrogen-bond acceptors (Lipinski definition) is 1. The molecule has 0 saturated carbocycles. The van der Waals surface area contributed by atoms with Gasteiger partial charge in [0.15, 0.2) is 0 Å². The lowest BCUT2D eigenvalue weighted by Gasteiger charge is -2.11. The summed E-state index contributed by atoms with van der Waals surface area (Å²) >= 11 is 0. The molecule has 25 heavy (non-hydrogen) atoms. The highest BCUT2D eigenvalue weighted by Gasteiger charge is 2.32. The van der Waals surface area contributed by atoms with E-state index in [1.807, 2.05) is 24.3 Å². The van der Waals surface area contributed by atoms with Crippen LogP contribution >= 0.6 is 0 Å². The van der Waals surface area contributed by atoms with Crippen LogP contribution in [0.4, 0.5) is 13.2 Å². The van der Waals surface area contributed by atoms with Crippen LogP contribution in [-0.2, 0) is 12.7 Å². The van der Waals surface area contributed by atoms with E-state index in [0.29, 0.717) is 17.4 Å². The molecule has 5 heteroatoms. The van der Waals surface area contributed by atoms with Crippen LogP contribution in [0, 0.1) is 6.92 Å². The Kier molecular flexibility index (Phi) is 3.53. The molecule has 0 unspecified atom stereocenters. The summed E-state index contributed by atoms with van der Waals surface area (Å²) in [5, 5.41) is 1.89. The van der Waals surface area contributed by atoms with Gasteiger partial charge in [-0.15, -0.1) is 0 Å². The molecule has 0 aliphatic heterocycles. The van der Waals surface area contributed by atoms with Crippen molar-refractivity contribution < 1.29 is 13.2 Å². The summed E-state index contributed by atoms with van der Waals surface area (Å²) in [5.41, 5.74) is 2.81. The molecule has 0 aliphatic rings.